The second-order valence-corrected chi connectivity index (χ2v) is 10.7. The number of likely N-dealkylation sites (tertiary alicyclic amines) is 1. The summed E-state index contributed by atoms with van der Waals surface area (Å²) in [5, 5.41) is 1.14. The quantitative estimate of drug-likeness (QED) is 0.279. The van der Waals surface area contributed by atoms with Crippen LogP contribution in [-0.2, 0) is 4.74 Å². The van der Waals surface area contributed by atoms with Crippen LogP contribution in [0.1, 0.15) is 33.6 Å². The Bertz CT molecular complexity index is 1060. The maximum absolute atomic E-state index is 15.1. The lowest BCUT2D eigenvalue weighted by Gasteiger charge is -2.39. The van der Waals surface area contributed by atoms with E-state index in [9.17, 15) is 4.79 Å². The Morgan fingerprint density at radius 3 is 2.59 bits per heavy atom. The van der Waals surface area contributed by atoms with E-state index in [1.807, 2.05) is 27.0 Å². The molecule has 0 unspecified atom stereocenters. The second kappa shape index (κ2) is 9.02. The molecule has 7 nitrogen and oxygen atoms in total. The van der Waals surface area contributed by atoms with E-state index in [4.69, 9.17) is 26.1 Å². The van der Waals surface area contributed by atoms with Gasteiger partial charge in [0.05, 0.1) is 16.4 Å². The van der Waals surface area contributed by atoms with Crippen LogP contribution < -0.4 is 9.64 Å². The number of halogens is 3. The molecule has 0 spiro atoms. The Kier molecular flexibility index (Phi) is 6.66. The first-order valence-corrected chi connectivity index (χ1v) is 12.8. The van der Waals surface area contributed by atoms with Crippen LogP contribution >= 0.6 is 39.3 Å². The molecule has 174 valence electrons. The third-order valence-electron chi connectivity index (χ3n) is 5.48. The number of piperidine rings is 1. The zero-order chi connectivity index (χ0) is 23.2. The van der Waals surface area contributed by atoms with Gasteiger partial charge < -0.3 is 19.3 Å². The fraction of sp³-hybridized carbons (Fsp3) is 0.571. The number of aromatic nitrogens is 2. The van der Waals surface area contributed by atoms with Crippen LogP contribution in [0.3, 0.4) is 0 Å². The summed E-state index contributed by atoms with van der Waals surface area (Å²) in [6, 6.07) is 0.113. The SMILES string of the molecule is CSc1nc2c3c(c(Cl)c(Br)c(F)c3n1)OCCN2C1CCN(C(=O)OC(C)(C)C)CC1. The number of hydrogen-bond acceptors (Lipinski definition) is 7. The van der Waals surface area contributed by atoms with E-state index >= 15 is 4.39 Å². The standard InChI is InChI=1S/C21H25BrClFN4O3S/c1-21(2,3)31-20(29)27-7-5-11(6-8-27)28-9-10-30-17-12-16(15(24)13(22)14(17)23)25-19(32-4)26-18(12)28/h11H,5-10H2,1-4H3. The maximum Gasteiger partial charge on any atom is 0.410 e. The number of nitrogens with zero attached hydrogens (tertiary/aromatic N) is 4. The molecule has 2 aliphatic heterocycles. The lowest BCUT2D eigenvalue weighted by atomic mass is 10.0. The van der Waals surface area contributed by atoms with Gasteiger partial charge in [0.25, 0.3) is 0 Å². The van der Waals surface area contributed by atoms with E-state index in [-0.39, 0.29) is 27.1 Å². The third-order valence-corrected chi connectivity index (χ3v) is 7.36. The first-order chi connectivity index (χ1) is 15.1. The van der Waals surface area contributed by atoms with Gasteiger partial charge in [0, 0.05) is 19.1 Å². The van der Waals surface area contributed by atoms with Crippen molar-refractivity contribution >= 4 is 62.1 Å². The fourth-order valence-electron chi connectivity index (χ4n) is 4.04. The Balaban J connectivity index is 1.68. The van der Waals surface area contributed by atoms with Crippen molar-refractivity contribution in [2.75, 3.05) is 37.4 Å². The molecule has 2 aromatic rings. The number of thioether (sulfide) groups is 1. The van der Waals surface area contributed by atoms with Crippen LogP contribution in [-0.4, -0.2) is 65.1 Å². The van der Waals surface area contributed by atoms with Gasteiger partial charge in [-0.1, -0.05) is 23.4 Å². The molecule has 1 aromatic carbocycles. The number of anilines is 1. The Labute approximate surface area is 204 Å². The summed E-state index contributed by atoms with van der Waals surface area (Å²) in [5.41, 5.74) is -0.346. The topological polar surface area (TPSA) is 67.8 Å². The molecule has 0 N–H and O–H groups in total. The molecule has 1 saturated heterocycles. The Morgan fingerprint density at radius 2 is 1.97 bits per heavy atom. The molecule has 1 amide bonds. The molecule has 0 saturated carbocycles. The molecule has 1 fully saturated rings. The van der Waals surface area contributed by atoms with E-state index in [2.05, 4.69) is 25.8 Å². The highest BCUT2D eigenvalue weighted by atomic mass is 79.9. The van der Waals surface area contributed by atoms with Gasteiger partial charge in [0.15, 0.2) is 16.7 Å². The van der Waals surface area contributed by atoms with E-state index in [0.717, 1.165) is 12.8 Å². The lowest BCUT2D eigenvalue weighted by Crippen LogP contribution is -2.49. The zero-order valence-corrected chi connectivity index (χ0v) is 21.5. The number of ether oxygens (including phenoxy) is 2. The molecule has 0 bridgehead atoms. The van der Waals surface area contributed by atoms with Gasteiger partial charge in [-0.25, -0.2) is 19.2 Å². The van der Waals surface area contributed by atoms with Gasteiger partial charge in [0.1, 0.15) is 28.6 Å². The molecule has 1 aromatic heterocycles. The van der Waals surface area contributed by atoms with Crippen LogP contribution in [0, 0.1) is 5.82 Å². The predicted molar refractivity (Wildman–Crippen MR) is 128 cm³/mol. The molecule has 0 radical (unpaired) electrons. The zero-order valence-electron chi connectivity index (χ0n) is 18.4. The van der Waals surface area contributed by atoms with Gasteiger partial charge in [0.2, 0.25) is 0 Å². The highest BCUT2D eigenvalue weighted by Crippen LogP contribution is 2.46. The van der Waals surface area contributed by atoms with Crippen LogP contribution in [0.5, 0.6) is 5.75 Å². The van der Waals surface area contributed by atoms with Gasteiger partial charge in [-0.3, -0.25) is 0 Å². The third kappa shape index (κ3) is 4.46. The molecule has 2 aliphatic rings. The van der Waals surface area contributed by atoms with E-state index in [1.54, 1.807) is 4.90 Å². The van der Waals surface area contributed by atoms with E-state index < -0.39 is 11.4 Å². The highest BCUT2D eigenvalue weighted by Gasteiger charge is 2.34. The minimum Gasteiger partial charge on any atom is -0.489 e. The Morgan fingerprint density at radius 1 is 1.28 bits per heavy atom. The van der Waals surface area contributed by atoms with Crippen LogP contribution in [0.2, 0.25) is 5.02 Å². The van der Waals surface area contributed by atoms with Crippen molar-refractivity contribution in [1.82, 2.24) is 14.9 Å². The number of benzene rings is 1. The smallest absolute Gasteiger partial charge is 0.410 e. The van der Waals surface area contributed by atoms with Gasteiger partial charge in [-0.2, -0.15) is 0 Å². The number of rotatable bonds is 2. The highest BCUT2D eigenvalue weighted by molar-refractivity contribution is 9.10. The van der Waals surface area contributed by atoms with Gasteiger partial charge >= 0.3 is 6.09 Å². The summed E-state index contributed by atoms with van der Waals surface area (Å²) in [5.74, 6) is 0.486. The molecule has 32 heavy (non-hydrogen) atoms. The summed E-state index contributed by atoms with van der Waals surface area (Å²) < 4.78 is 26.7. The first kappa shape index (κ1) is 23.6. The van der Waals surface area contributed by atoms with Crippen molar-refractivity contribution in [1.29, 1.82) is 0 Å². The molecule has 3 heterocycles. The number of carbonyl (C=O) groups is 1. The summed E-state index contributed by atoms with van der Waals surface area (Å²) in [6.45, 7) is 7.67. The minimum atomic E-state index is -0.530. The normalized spacial score (nSPS) is 17.3. The van der Waals surface area contributed by atoms with Crippen LogP contribution in [0.25, 0.3) is 10.9 Å². The van der Waals surface area contributed by atoms with Crippen molar-refractivity contribution in [3.63, 3.8) is 0 Å². The summed E-state index contributed by atoms with van der Waals surface area (Å²) in [7, 11) is 0. The lowest BCUT2D eigenvalue weighted by molar-refractivity contribution is 0.0204. The molecule has 4 rings (SSSR count). The monoisotopic (exact) mass is 546 g/mol. The van der Waals surface area contributed by atoms with Crippen molar-refractivity contribution in [3.8, 4) is 5.75 Å². The van der Waals surface area contributed by atoms with Gasteiger partial charge in [-0.15, -0.1) is 0 Å². The number of carbonyl (C=O) groups excluding carboxylic acids is 1. The first-order valence-electron chi connectivity index (χ1n) is 10.4. The van der Waals surface area contributed by atoms with E-state index in [0.29, 0.717) is 48.4 Å². The van der Waals surface area contributed by atoms with Gasteiger partial charge in [-0.05, 0) is 55.8 Å². The van der Waals surface area contributed by atoms with Crippen molar-refractivity contribution in [3.05, 3.63) is 15.3 Å². The number of hydrogen-bond donors (Lipinski definition) is 0. The largest absolute Gasteiger partial charge is 0.489 e. The number of amides is 1. The fourth-order valence-corrected chi connectivity index (χ4v) is 5.00. The minimum absolute atomic E-state index is 0.113. The summed E-state index contributed by atoms with van der Waals surface area (Å²) >= 11 is 11.0. The molecular weight excluding hydrogens is 523 g/mol. The van der Waals surface area contributed by atoms with Crippen molar-refractivity contribution < 1.29 is 18.7 Å². The molecular formula is C21H25BrClFN4O3S. The predicted octanol–water partition coefficient (Wildman–Crippen LogP) is 5.51. The second-order valence-electron chi connectivity index (χ2n) is 8.77. The van der Waals surface area contributed by atoms with Crippen LogP contribution in [0.15, 0.2) is 9.63 Å². The Hall–Kier alpha value is -1.52. The maximum atomic E-state index is 15.1. The van der Waals surface area contributed by atoms with Crippen molar-refractivity contribution in [2.24, 2.45) is 0 Å². The molecule has 0 atom stereocenters. The van der Waals surface area contributed by atoms with Crippen LogP contribution in [0.4, 0.5) is 15.0 Å². The average Bonchev–Trinajstić information content (AvgIpc) is 2.94. The average molecular weight is 548 g/mol. The molecule has 0 aliphatic carbocycles. The summed E-state index contributed by atoms with van der Waals surface area (Å²) in [6.07, 6.45) is 3.03. The van der Waals surface area contributed by atoms with Crippen molar-refractivity contribution in [2.45, 2.75) is 50.4 Å². The summed E-state index contributed by atoms with van der Waals surface area (Å²) in [4.78, 5) is 25.5. The van der Waals surface area contributed by atoms with E-state index in [1.165, 1.54) is 11.8 Å². The molecule has 11 heteroatoms.